The van der Waals surface area contributed by atoms with E-state index in [1.807, 2.05) is 13.8 Å². The largest absolute Gasteiger partial charge is 0.494 e. The van der Waals surface area contributed by atoms with E-state index in [4.69, 9.17) is 4.74 Å². The van der Waals surface area contributed by atoms with Gasteiger partial charge in [-0.05, 0) is 49.1 Å². The van der Waals surface area contributed by atoms with Crippen LogP contribution in [0.2, 0.25) is 0 Å². The molecular formula is C20H23N3O4S. The van der Waals surface area contributed by atoms with Gasteiger partial charge in [0, 0.05) is 6.54 Å². The van der Waals surface area contributed by atoms with Gasteiger partial charge in [0.15, 0.2) is 0 Å². The Bertz CT molecular complexity index is 1080. The van der Waals surface area contributed by atoms with Crippen LogP contribution in [0.3, 0.4) is 0 Å². The summed E-state index contributed by atoms with van der Waals surface area (Å²) < 4.78 is 8.31. The van der Waals surface area contributed by atoms with Crippen LogP contribution in [0, 0.1) is 0 Å². The molecule has 148 valence electrons. The van der Waals surface area contributed by atoms with Crippen LogP contribution in [-0.2, 0) is 11.3 Å². The number of hydrogen-bond donors (Lipinski definition) is 1. The highest BCUT2D eigenvalue weighted by molar-refractivity contribution is 7.17. The molecule has 3 aromatic rings. The zero-order chi connectivity index (χ0) is 20.1. The summed E-state index contributed by atoms with van der Waals surface area (Å²) in [7, 11) is 0. The molecule has 0 aliphatic rings. The predicted molar refractivity (Wildman–Crippen MR) is 111 cm³/mol. The van der Waals surface area contributed by atoms with Crippen LogP contribution in [0.4, 0.5) is 0 Å². The second-order valence-electron chi connectivity index (χ2n) is 6.27. The van der Waals surface area contributed by atoms with Gasteiger partial charge in [0.25, 0.3) is 5.56 Å². The first kappa shape index (κ1) is 19.9. The third-order valence-corrected chi connectivity index (χ3v) is 5.21. The van der Waals surface area contributed by atoms with Crippen LogP contribution in [0.1, 0.15) is 26.7 Å². The van der Waals surface area contributed by atoms with E-state index in [0.717, 1.165) is 17.4 Å². The van der Waals surface area contributed by atoms with Crippen molar-refractivity contribution >= 4 is 27.5 Å². The minimum Gasteiger partial charge on any atom is -0.494 e. The van der Waals surface area contributed by atoms with E-state index in [0.29, 0.717) is 34.8 Å². The first-order chi connectivity index (χ1) is 13.6. The first-order valence-electron chi connectivity index (χ1n) is 9.29. The maximum absolute atomic E-state index is 13.1. The average Bonchev–Trinajstić information content (AvgIpc) is 3.17. The van der Waals surface area contributed by atoms with E-state index in [-0.39, 0.29) is 18.0 Å². The molecule has 0 aliphatic heterocycles. The maximum atomic E-state index is 13.1. The third-order valence-electron chi connectivity index (χ3n) is 4.31. The summed E-state index contributed by atoms with van der Waals surface area (Å²) in [4.78, 5) is 38.3. The molecule has 1 amide bonds. The van der Waals surface area contributed by atoms with Crippen LogP contribution >= 0.6 is 11.3 Å². The van der Waals surface area contributed by atoms with Gasteiger partial charge in [-0.3, -0.25) is 14.2 Å². The normalized spacial score (nSPS) is 10.9. The Morgan fingerprint density at radius 1 is 1.14 bits per heavy atom. The Hall–Kier alpha value is -2.87. The molecule has 0 bridgehead atoms. The van der Waals surface area contributed by atoms with Crippen molar-refractivity contribution in [3.63, 3.8) is 0 Å². The molecule has 8 heteroatoms. The van der Waals surface area contributed by atoms with Crippen LogP contribution < -0.4 is 21.3 Å². The lowest BCUT2D eigenvalue weighted by molar-refractivity contribution is -0.121. The van der Waals surface area contributed by atoms with Crippen molar-refractivity contribution in [2.45, 2.75) is 33.2 Å². The second kappa shape index (κ2) is 8.88. The molecule has 0 aliphatic carbocycles. The van der Waals surface area contributed by atoms with Gasteiger partial charge in [0.05, 0.1) is 17.8 Å². The molecule has 28 heavy (non-hydrogen) atoms. The summed E-state index contributed by atoms with van der Waals surface area (Å²) in [5.74, 6) is 0.409. The SMILES string of the molecule is CCCCNC(=O)Cn1c(=O)n(-c2ccc(OCC)cc2)c(=O)c2sccc21. The highest BCUT2D eigenvalue weighted by Crippen LogP contribution is 2.18. The van der Waals surface area contributed by atoms with E-state index >= 15 is 0 Å². The monoisotopic (exact) mass is 401 g/mol. The van der Waals surface area contributed by atoms with Crippen molar-refractivity contribution in [1.82, 2.24) is 14.5 Å². The number of carbonyl (C=O) groups excluding carboxylic acids is 1. The van der Waals surface area contributed by atoms with Gasteiger partial charge < -0.3 is 10.1 Å². The summed E-state index contributed by atoms with van der Waals surface area (Å²) in [6.07, 6.45) is 1.85. The molecule has 0 saturated carbocycles. The zero-order valence-electron chi connectivity index (χ0n) is 15.9. The van der Waals surface area contributed by atoms with Gasteiger partial charge in [-0.25, -0.2) is 9.36 Å². The molecule has 0 spiro atoms. The molecule has 0 atom stereocenters. The highest BCUT2D eigenvalue weighted by atomic mass is 32.1. The molecule has 7 nitrogen and oxygen atoms in total. The van der Waals surface area contributed by atoms with Crippen LogP contribution in [0.5, 0.6) is 5.75 Å². The Morgan fingerprint density at radius 3 is 2.57 bits per heavy atom. The lowest BCUT2D eigenvalue weighted by Crippen LogP contribution is -2.41. The van der Waals surface area contributed by atoms with E-state index in [9.17, 15) is 14.4 Å². The molecule has 0 unspecified atom stereocenters. The fourth-order valence-corrected chi connectivity index (χ4v) is 3.75. The van der Waals surface area contributed by atoms with Crippen LogP contribution in [0.15, 0.2) is 45.3 Å². The van der Waals surface area contributed by atoms with Crippen molar-refractivity contribution in [3.05, 3.63) is 56.5 Å². The number of hydrogen-bond acceptors (Lipinski definition) is 5. The molecule has 0 fully saturated rings. The third kappa shape index (κ3) is 4.01. The lowest BCUT2D eigenvalue weighted by Gasteiger charge is -2.13. The maximum Gasteiger partial charge on any atom is 0.336 e. The predicted octanol–water partition coefficient (Wildman–Crippen LogP) is 2.53. The Kier molecular flexibility index (Phi) is 6.30. The number of aromatic nitrogens is 2. The summed E-state index contributed by atoms with van der Waals surface area (Å²) in [5.41, 5.74) is -0.00535. The molecular weight excluding hydrogens is 378 g/mol. The Balaban J connectivity index is 2.05. The summed E-state index contributed by atoms with van der Waals surface area (Å²) >= 11 is 1.26. The van der Waals surface area contributed by atoms with Gasteiger partial charge in [-0.2, -0.15) is 0 Å². The number of amides is 1. The van der Waals surface area contributed by atoms with E-state index in [2.05, 4.69) is 5.32 Å². The summed E-state index contributed by atoms with van der Waals surface area (Å²) in [5, 5.41) is 4.56. The number of nitrogens with one attached hydrogen (secondary N) is 1. The lowest BCUT2D eigenvalue weighted by atomic mass is 10.3. The molecule has 2 aromatic heterocycles. The first-order valence-corrected chi connectivity index (χ1v) is 10.2. The molecule has 1 aromatic carbocycles. The summed E-state index contributed by atoms with van der Waals surface area (Å²) in [6.45, 7) is 4.88. The molecule has 0 radical (unpaired) electrons. The smallest absolute Gasteiger partial charge is 0.336 e. The number of fused-ring (bicyclic) bond motifs is 1. The van der Waals surface area contributed by atoms with Crippen molar-refractivity contribution in [1.29, 1.82) is 0 Å². The van der Waals surface area contributed by atoms with Crippen LogP contribution in [0.25, 0.3) is 15.9 Å². The van der Waals surface area contributed by atoms with Crippen molar-refractivity contribution in [3.8, 4) is 11.4 Å². The van der Waals surface area contributed by atoms with E-state index in [1.165, 1.54) is 15.9 Å². The molecule has 3 rings (SSSR count). The highest BCUT2D eigenvalue weighted by Gasteiger charge is 2.17. The second-order valence-corrected chi connectivity index (χ2v) is 7.19. The van der Waals surface area contributed by atoms with E-state index in [1.54, 1.807) is 35.7 Å². The fraction of sp³-hybridized carbons (Fsp3) is 0.350. The number of ether oxygens (including phenoxy) is 1. The van der Waals surface area contributed by atoms with Gasteiger partial charge in [-0.1, -0.05) is 13.3 Å². The molecule has 1 N–H and O–H groups in total. The van der Waals surface area contributed by atoms with Gasteiger partial charge >= 0.3 is 5.69 Å². The number of rotatable bonds is 8. The molecule has 0 saturated heterocycles. The molecule has 2 heterocycles. The van der Waals surface area contributed by atoms with Crippen molar-refractivity contribution < 1.29 is 9.53 Å². The minimum atomic E-state index is -0.536. The fourth-order valence-electron chi connectivity index (χ4n) is 2.93. The standard InChI is InChI=1S/C20H23N3O4S/c1-3-5-11-21-17(24)13-22-16-10-12-28-18(16)19(25)23(20(22)26)14-6-8-15(9-7-14)27-4-2/h6-10,12H,3-5,11,13H2,1-2H3,(H,21,24). The van der Waals surface area contributed by atoms with Crippen molar-refractivity contribution in [2.24, 2.45) is 0 Å². The van der Waals surface area contributed by atoms with Gasteiger partial charge in [0.2, 0.25) is 5.91 Å². The number of carbonyl (C=O) groups is 1. The van der Waals surface area contributed by atoms with Crippen LogP contribution in [-0.4, -0.2) is 28.2 Å². The summed E-state index contributed by atoms with van der Waals surface area (Å²) in [6, 6.07) is 8.46. The van der Waals surface area contributed by atoms with Gasteiger partial charge in [0.1, 0.15) is 17.0 Å². The number of unbranched alkanes of at least 4 members (excludes halogenated alkanes) is 1. The minimum absolute atomic E-state index is 0.132. The number of benzene rings is 1. The Morgan fingerprint density at radius 2 is 1.89 bits per heavy atom. The Labute approximate surface area is 166 Å². The number of thiophene rings is 1. The van der Waals surface area contributed by atoms with E-state index < -0.39 is 5.69 Å². The van der Waals surface area contributed by atoms with Crippen molar-refractivity contribution in [2.75, 3.05) is 13.2 Å². The zero-order valence-corrected chi connectivity index (χ0v) is 16.8. The van der Waals surface area contributed by atoms with Gasteiger partial charge in [-0.15, -0.1) is 11.3 Å². The quantitative estimate of drug-likeness (QED) is 0.588. The number of nitrogens with zero attached hydrogens (tertiary/aromatic N) is 2. The average molecular weight is 401 g/mol. The topological polar surface area (TPSA) is 82.3 Å².